The lowest BCUT2D eigenvalue weighted by atomic mass is 10.1. The lowest BCUT2D eigenvalue weighted by Crippen LogP contribution is -2.15. The Morgan fingerprint density at radius 1 is 1.35 bits per heavy atom. The summed E-state index contributed by atoms with van der Waals surface area (Å²) in [6, 6.07) is 1.89. The molecule has 0 saturated carbocycles. The quantitative estimate of drug-likeness (QED) is 0.583. The molecule has 0 aliphatic carbocycles. The van der Waals surface area contributed by atoms with Gasteiger partial charge in [0.25, 0.3) is 0 Å². The van der Waals surface area contributed by atoms with E-state index in [9.17, 15) is 0 Å². The highest BCUT2D eigenvalue weighted by molar-refractivity contribution is 5.35. The lowest BCUT2D eigenvalue weighted by Gasteiger charge is -2.13. The molecule has 0 aliphatic rings. The molecule has 1 rings (SSSR count). The van der Waals surface area contributed by atoms with E-state index in [1.54, 1.807) is 7.11 Å². The Morgan fingerprint density at radius 2 is 2.06 bits per heavy atom. The molecule has 5 nitrogen and oxygen atoms in total. The van der Waals surface area contributed by atoms with Crippen LogP contribution in [-0.4, -0.2) is 23.7 Å². The maximum atomic E-state index is 5.42. The van der Waals surface area contributed by atoms with E-state index in [0.29, 0.717) is 18.3 Å². The third-order valence-electron chi connectivity index (χ3n) is 2.42. The van der Waals surface area contributed by atoms with Crippen molar-refractivity contribution < 1.29 is 4.74 Å². The first-order valence-electron chi connectivity index (χ1n) is 5.90. The number of ether oxygens (including phenoxy) is 1. The van der Waals surface area contributed by atoms with Crippen molar-refractivity contribution in [3.8, 4) is 0 Å². The van der Waals surface area contributed by atoms with E-state index in [4.69, 9.17) is 10.6 Å². The van der Waals surface area contributed by atoms with Gasteiger partial charge < -0.3 is 10.2 Å². The number of hydrogen-bond acceptors (Lipinski definition) is 5. The second kappa shape index (κ2) is 6.51. The predicted molar refractivity (Wildman–Crippen MR) is 68.7 cm³/mol. The fraction of sp³-hybridized carbons (Fsp3) is 0.667. The van der Waals surface area contributed by atoms with Crippen LogP contribution in [0.1, 0.15) is 38.2 Å². The highest BCUT2D eigenvalue weighted by Crippen LogP contribution is 2.16. The topological polar surface area (TPSA) is 73.1 Å². The maximum Gasteiger partial charge on any atom is 0.143 e. The second-order valence-electron chi connectivity index (χ2n) is 4.70. The van der Waals surface area contributed by atoms with Gasteiger partial charge in [-0.1, -0.05) is 20.8 Å². The van der Waals surface area contributed by atoms with E-state index >= 15 is 0 Å². The molecule has 0 fully saturated rings. The summed E-state index contributed by atoms with van der Waals surface area (Å²) < 4.78 is 5.12. The summed E-state index contributed by atoms with van der Waals surface area (Å²) in [5.74, 6) is 7.58. The average Bonchev–Trinajstić information content (AvgIpc) is 2.28. The number of methoxy groups -OCH3 is 1. The van der Waals surface area contributed by atoms with E-state index in [1.807, 2.05) is 13.0 Å². The van der Waals surface area contributed by atoms with Crippen molar-refractivity contribution in [1.29, 1.82) is 0 Å². The largest absolute Gasteiger partial charge is 0.384 e. The van der Waals surface area contributed by atoms with Gasteiger partial charge in [-0.3, -0.25) is 0 Å². The number of aromatic nitrogens is 2. The minimum atomic E-state index is 0.166. The van der Waals surface area contributed by atoms with Crippen LogP contribution in [0.4, 0.5) is 5.82 Å². The van der Waals surface area contributed by atoms with Crippen LogP contribution in [-0.2, 0) is 11.2 Å². The van der Waals surface area contributed by atoms with Crippen molar-refractivity contribution in [3.05, 3.63) is 17.6 Å². The number of rotatable bonds is 6. The summed E-state index contributed by atoms with van der Waals surface area (Å²) >= 11 is 0. The van der Waals surface area contributed by atoms with Crippen LogP contribution >= 0.6 is 0 Å². The zero-order valence-corrected chi connectivity index (χ0v) is 11.0. The third-order valence-corrected chi connectivity index (χ3v) is 2.42. The van der Waals surface area contributed by atoms with Gasteiger partial charge in [-0.05, 0) is 12.3 Å². The van der Waals surface area contributed by atoms with Crippen molar-refractivity contribution in [3.63, 3.8) is 0 Å². The van der Waals surface area contributed by atoms with Gasteiger partial charge in [0.15, 0.2) is 0 Å². The summed E-state index contributed by atoms with van der Waals surface area (Å²) in [7, 11) is 1.68. The standard InChI is InChI=1S/C12H22N4O/c1-8(2)5-10-6-11(16-13)15-12(14-10)9(3)7-17-4/h6,8-9H,5,7,13H2,1-4H3,(H,14,15,16). The van der Waals surface area contributed by atoms with Crippen molar-refractivity contribution >= 4 is 5.82 Å². The number of hydrazine groups is 1. The van der Waals surface area contributed by atoms with Crippen molar-refractivity contribution in [2.45, 2.75) is 33.1 Å². The fourth-order valence-corrected chi connectivity index (χ4v) is 1.66. The smallest absolute Gasteiger partial charge is 0.143 e. The van der Waals surface area contributed by atoms with Crippen molar-refractivity contribution in [2.75, 3.05) is 19.1 Å². The Morgan fingerprint density at radius 3 is 2.59 bits per heavy atom. The molecule has 0 radical (unpaired) electrons. The number of nitrogens with two attached hydrogens (primary N) is 1. The zero-order valence-electron chi connectivity index (χ0n) is 11.0. The van der Waals surface area contributed by atoms with E-state index in [-0.39, 0.29) is 5.92 Å². The van der Waals surface area contributed by atoms with Gasteiger partial charge in [-0.2, -0.15) is 0 Å². The molecule has 0 aliphatic heterocycles. The van der Waals surface area contributed by atoms with E-state index in [0.717, 1.165) is 17.9 Å². The van der Waals surface area contributed by atoms with Gasteiger partial charge in [0, 0.05) is 24.8 Å². The van der Waals surface area contributed by atoms with Crippen LogP contribution in [0.15, 0.2) is 6.07 Å². The third kappa shape index (κ3) is 4.28. The molecule has 96 valence electrons. The van der Waals surface area contributed by atoms with Gasteiger partial charge in [-0.25, -0.2) is 15.8 Å². The Bertz CT molecular complexity index is 354. The molecule has 0 spiro atoms. The van der Waals surface area contributed by atoms with Gasteiger partial charge in [0.05, 0.1) is 6.61 Å². The number of hydrogen-bond donors (Lipinski definition) is 2. The fourth-order valence-electron chi connectivity index (χ4n) is 1.66. The second-order valence-corrected chi connectivity index (χ2v) is 4.70. The van der Waals surface area contributed by atoms with E-state index < -0.39 is 0 Å². The zero-order chi connectivity index (χ0) is 12.8. The molecule has 0 saturated heterocycles. The molecule has 0 aromatic carbocycles. The van der Waals surface area contributed by atoms with Crippen LogP contribution < -0.4 is 11.3 Å². The molecule has 5 heteroatoms. The van der Waals surface area contributed by atoms with E-state index in [2.05, 4.69) is 29.2 Å². The van der Waals surface area contributed by atoms with Gasteiger partial charge in [0.2, 0.25) is 0 Å². The molecule has 17 heavy (non-hydrogen) atoms. The highest BCUT2D eigenvalue weighted by Gasteiger charge is 2.12. The minimum Gasteiger partial charge on any atom is -0.384 e. The van der Waals surface area contributed by atoms with Gasteiger partial charge in [-0.15, -0.1) is 0 Å². The van der Waals surface area contributed by atoms with E-state index in [1.165, 1.54) is 0 Å². The highest BCUT2D eigenvalue weighted by atomic mass is 16.5. The summed E-state index contributed by atoms with van der Waals surface area (Å²) in [5, 5.41) is 0. The molecule has 1 aromatic heterocycles. The van der Waals surface area contributed by atoms with Crippen LogP contribution in [0, 0.1) is 5.92 Å². The van der Waals surface area contributed by atoms with Crippen LogP contribution in [0.5, 0.6) is 0 Å². The molecule has 0 amide bonds. The summed E-state index contributed by atoms with van der Waals surface area (Å²) in [5.41, 5.74) is 3.60. The molecular weight excluding hydrogens is 216 g/mol. The molecule has 1 heterocycles. The predicted octanol–water partition coefficient (Wildman–Crippen LogP) is 1.71. The Hall–Kier alpha value is -1.20. The number of nitrogens with zero attached hydrogens (tertiary/aromatic N) is 2. The van der Waals surface area contributed by atoms with Gasteiger partial charge in [0.1, 0.15) is 11.6 Å². The summed E-state index contributed by atoms with van der Waals surface area (Å²) in [6.45, 7) is 6.97. The monoisotopic (exact) mass is 238 g/mol. The molecule has 1 atom stereocenters. The molecule has 0 bridgehead atoms. The first-order chi connectivity index (χ1) is 8.06. The first kappa shape index (κ1) is 13.9. The Balaban J connectivity index is 2.96. The first-order valence-corrected chi connectivity index (χ1v) is 5.90. The number of nitrogen functional groups attached to an aromatic ring is 1. The number of nitrogens with one attached hydrogen (secondary N) is 1. The van der Waals surface area contributed by atoms with Crippen LogP contribution in [0.2, 0.25) is 0 Å². The van der Waals surface area contributed by atoms with Crippen LogP contribution in [0.3, 0.4) is 0 Å². The Kier molecular flexibility index (Phi) is 5.31. The van der Waals surface area contributed by atoms with Crippen LogP contribution in [0.25, 0.3) is 0 Å². The van der Waals surface area contributed by atoms with Gasteiger partial charge >= 0.3 is 0 Å². The van der Waals surface area contributed by atoms with Crippen molar-refractivity contribution in [1.82, 2.24) is 9.97 Å². The summed E-state index contributed by atoms with van der Waals surface area (Å²) in [4.78, 5) is 8.90. The lowest BCUT2D eigenvalue weighted by molar-refractivity contribution is 0.181. The normalized spacial score (nSPS) is 12.8. The minimum absolute atomic E-state index is 0.166. The SMILES string of the molecule is COCC(C)c1nc(CC(C)C)cc(NN)n1. The van der Waals surface area contributed by atoms with Crippen molar-refractivity contribution in [2.24, 2.45) is 11.8 Å². The maximum absolute atomic E-state index is 5.42. The summed E-state index contributed by atoms with van der Waals surface area (Å²) in [6.07, 6.45) is 0.921. The number of anilines is 1. The Labute approximate surface area is 103 Å². The molecule has 3 N–H and O–H groups in total. The molecule has 1 unspecified atom stereocenters. The molecule has 1 aromatic rings. The molecular formula is C12H22N4O. The average molecular weight is 238 g/mol.